The van der Waals surface area contributed by atoms with Gasteiger partial charge >= 0.3 is 0 Å². The van der Waals surface area contributed by atoms with E-state index in [0.717, 1.165) is 4.90 Å². The van der Waals surface area contributed by atoms with Crippen molar-refractivity contribution in [3.63, 3.8) is 0 Å². The lowest BCUT2D eigenvalue weighted by Crippen LogP contribution is -2.24. The molecule has 5 nitrogen and oxygen atoms in total. The van der Waals surface area contributed by atoms with Crippen LogP contribution >= 0.6 is 11.8 Å². The van der Waals surface area contributed by atoms with Gasteiger partial charge in [0, 0.05) is 10.1 Å². The molecule has 0 aliphatic rings. The minimum absolute atomic E-state index is 0.241. The number of carbonyl (C=O) groups excluding carboxylic acids is 2. The number of amides is 2. The molecular weight excluding hydrogens is 372 g/mol. The molecule has 0 fully saturated rings. The zero-order chi connectivity index (χ0) is 19.9. The molecule has 144 valence electrons. The first-order chi connectivity index (χ1) is 13.5. The van der Waals surface area contributed by atoms with Crippen molar-refractivity contribution in [2.75, 3.05) is 5.32 Å². The highest BCUT2D eigenvalue weighted by molar-refractivity contribution is 8.00. The fraction of sp³-hybridized carbons (Fsp3) is 0.182. The van der Waals surface area contributed by atoms with Crippen molar-refractivity contribution < 1.29 is 14.0 Å². The number of hydrogen-bond donors (Lipinski definition) is 2. The Morgan fingerprint density at radius 3 is 2.36 bits per heavy atom. The molecule has 1 heterocycles. The summed E-state index contributed by atoms with van der Waals surface area (Å²) in [6.45, 7) is 4.44. The molecule has 2 N–H and O–H groups in total. The molecule has 28 heavy (non-hydrogen) atoms. The van der Waals surface area contributed by atoms with Crippen molar-refractivity contribution in [3.8, 4) is 0 Å². The Kier molecular flexibility index (Phi) is 6.55. The van der Waals surface area contributed by atoms with Gasteiger partial charge in [0.2, 0.25) is 0 Å². The molecule has 0 radical (unpaired) electrons. The van der Waals surface area contributed by atoms with E-state index in [1.165, 1.54) is 0 Å². The molecule has 0 unspecified atom stereocenters. The van der Waals surface area contributed by atoms with Crippen molar-refractivity contribution >= 4 is 29.3 Å². The van der Waals surface area contributed by atoms with Gasteiger partial charge in [-0.25, -0.2) is 0 Å². The van der Waals surface area contributed by atoms with Crippen LogP contribution in [0.2, 0.25) is 0 Å². The molecular formula is C22H22N2O3S. The first-order valence-electron chi connectivity index (χ1n) is 9.01. The van der Waals surface area contributed by atoms with E-state index in [1.807, 2.05) is 18.2 Å². The van der Waals surface area contributed by atoms with Crippen LogP contribution in [0.15, 0.2) is 76.2 Å². The first-order valence-corrected chi connectivity index (χ1v) is 9.89. The molecule has 0 saturated heterocycles. The molecule has 3 aromatic rings. The SMILES string of the molecule is CC(C)Sc1ccccc1C(=O)Nc1ccccc1C(=O)NCc1ccco1. The van der Waals surface area contributed by atoms with Gasteiger partial charge in [0.25, 0.3) is 11.8 Å². The number of hydrogen-bond acceptors (Lipinski definition) is 4. The number of carbonyl (C=O) groups is 2. The number of rotatable bonds is 7. The third kappa shape index (κ3) is 5.04. The molecule has 0 aliphatic heterocycles. The van der Waals surface area contributed by atoms with Gasteiger partial charge in [-0.15, -0.1) is 11.8 Å². The normalized spacial score (nSPS) is 10.7. The highest BCUT2D eigenvalue weighted by Gasteiger charge is 2.17. The van der Waals surface area contributed by atoms with E-state index >= 15 is 0 Å². The Bertz CT molecular complexity index is 952. The zero-order valence-corrected chi connectivity index (χ0v) is 16.6. The van der Waals surface area contributed by atoms with Crippen molar-refractivity contribution in [1.82, 2.24) is 5.32 Å². The fourth-order valence-electron chi connectivity index (χ4n) is 2.67. The Morgan fingerprint density at radius 2 is 1.64 bits per heavy atom. The van der Waals surface area contributed by atoms with E-state index in [2.05, 4.69) is 24.5 Å². The van der Waals surface area contributed by atoms with E-state index in [4.69, 9.17) is 4.42 Å². The Morgan fingerprint density at radius 1 is 0.929 bits per heavy atom. The largest absolute Gasteiger partial charge is 0.467 e. The second kappa shape index (κ2) is 9.28. The molecule has 0 atom stereocenters. The Balaban J connectivity index is 1.76. The maximum Gasteiger partial charge on any atom is 0.256 e. The molecule has 2 aromatic carbocycles. The average Bonchev–Trinajstić information content (AvgIpc) is 3.20. The van der Waals surface area contributed by atoms with Crippen LogP contribution < -0.4 is 10.6 Å². The predicted molar refractivity (Wildman–Crippen MR) is 112 cm³/mol. The summed E-state index contributed by atoms with van der Waals surface area (Å²) in [6, 6.07) is 18.0. The van der Waals surface area contributed by atoms with Crippen LogP contribution in [-0.2, 0) is 6.54 Å². The van der Waals surface area contributed by atoms with Crippen LogP contribution in [0.25, 0.3) is 0 Å². The second-order valence-corrected chi connectivity index (χ2v) is 8.04. The molecule has 0 saturated carbocycles. The monoisotopic (exact) mass is 394 g/mol. The van der Waals surface area contributed by atoms with Crippen molar-refractivity contribution in [1.29, 1.82) is 0 Å². The smallest absolute Gasteiger partial charge is 0.256 e. The van der Waals surface area contributed by atoms with E-state index in [1.54, 1.807) is 60.5 Å². The van der Waals surface area contributed by atoms with E-state index in [9.17, 15) is 9.59 Å². The molecule has 2 amide bonds. The summed E-state index contributed by atoms with van der Waals surface area (Å²) in [4.78, 5) is 26.4. The molecule has 1 aromatic heterocycles. The van der Waals surface area contributed by atoms with E-state index in [-0.39, 0.29) is 18.4 Å². The van der Waals surface area contributed by atoms with Crippen LogP contribution in [0.1, 0.15) is 40.3 Å². The van der Waals surface area contributed by atoms with Crippen molar-refractivity contribution in [3.05, 3.63) is 83.8 Å². The Hall–Kier alpha value is -2.99. The van der Waals surface area contributed by atoms with Gasteiger partial charge in [0.05, 0.1) is 29.6 Å². The van der Waals surface area contributed by atoms with Gasteiger partial charge in [0.15, 0.2) is 0 Å². The minimum Gasteiger partial charge on any atom is -0.467 e. The number of para-hydroxylation sites is 1. The van der Waals surface area contributed by atoms with Crippen molar-refractivity contribution in [2.45, 2.75) is 30.5 Å². The molecule has 0 bridgehead atoms. The van der Waals surface area contributed by atoms with Crippen LogP contribution in [0.5, 0.6) is 0 Å². The quantitative estimate of drug-likeness (QED) is 0.556. The molecule has 3 rings (SSSR count). The maximum atomic E-state index is 12.9. The van der Waals surface area contributed by atoms with E-state index in [0.29, 0.717) is 27.8 Å². The highest BCUT2D eigenvalue weighted by Crippen LogP contribution is 2.27. The lowest BCUT2D eigenvalue weighted by Gasteiger charge is -2.14. The van der Waals surface area contributed by atoms with Crippen LogP contribution in [0.3, 0.4) is 0 Å². The second-order valence-electron chi connectivity index (χ2n) is 6.42. The lowest BCUT2D eigenvalue weighted by molar-refractivity contribution is 0.0949. The van der Waals surface area contributed by atoms with Gasteiger partial charge in [-0.3, -0.25) is 9.59 Å². The summed E-state index contributed by atoms with van der Waals surface area (Å²) in [6.07, 6.45) is 1.56. The first kappa shape index (κ1) is 19.8. The molecule has 0 spiro atoms. The molecule has 0 aliphatic carbocycles. The topological polar surface area (TPSA) is 71.3 Å². The van der Waals surface area contributed by atoms with Crippen molar-refractivity contribution in [2.24, 2.45) is 0 Å². The average molecular weight is 394 g/mol. The standard InChI is InChI=1S/C22H22N2O3S/c1-15(2)28-20-12-6-4-10-18(20)22(26)24-19-11-5-3-9-17(19)21(25)23-14-16-8-7-13-27-16/h3-13,15H,14H2,1-2H3,(H,23,25)(H,24,26). The third-order valence-corrected chi connectivity index (χ3v) is 5.00. The van der Waals surface area contributed by atoms with Crippen LogP contribution in [-0.4, -0.2) is 17.1 Å². The maximum absolute atomic E-state index is 12.9. The summed E-state index contributed by atoms with van der Waals surface area (Å²) < 4.78 is 5.23. The minimum atomic E-state index is -0.280. The summed E-state index contributed by atoms with van der Waals surface area (Å²) in [5.74, 6) is 0.140. The van der Waals surface area contributed by atoms with Gasteiger partial charge < -0.3 is 15.1 Å². The number of benzene rings is 2. The number of thioether (sulfide) groups is 1. The number of nitrogens with one attached hydrogen (secondary N) is 2. The van der Waals surface area contributed by atoms with Gasteiger partial charge in [-0.1, -0.05) is 38.1 Å². The summed E-state index contributed by atoms with van der Waals surface area (Å²) in [5.41, 5.74) is 1.46. The van der Waals surface area contributed by atoms with Crippen LogP contribution in [0, 0.1) is 0 Å². The van der Waals surface area contributed by atoms with E-state index < -0.39 is 0 Å². The fourth-order valence-corrected chi connectivity index (χ4v) is 3.62. The van der Waals surface area contributed by atoms with Crippen LogP contribution in [0.4, 0.5) is 5.69 Å². The third-order valence-electron chi connectivity index (χ3n) is 3.92. The molecule has 6 heteroatoms. The Labute approximate surface area is 168 Å². The summed E-state index contributed by atoms with van der Waals surface area (Å²) >= 11 is 1.63. The van der Waals surface area contributed by atoms with Gasteiger partial charge in [-0.2, -0.15) is 0 Å². The number of furan rings is 1. The zero-order valence-electron chi connectivity index (χ0n) is 15.8. The van der Waals surface area contributed by atoms with Gasteiger partial charge in [0.1, 0.15) is 5.76 Å². The summed E-state index contributed by atoms with van der Waals surface area (Å²) in [5, 5.41) is 6.04. The number of anilines is 1. The van der Waals surface area contributed by atoms with Gasteiger partial charge in [-0.05, 0) is 36.4 Å². The highest BCUT2D eigenvalue weighted by atomic mass is 32.2. The lowest BCUT2D eigenvalue weighted by atomic mass is 10.1. The summed E-state index contributed by atoms with van der Waals surface area (Å²) in [7, 11) is 0. The predicted octanol–water partition coefficient (Wildman–Crippen LogP) is 4.96.